The Balaban J connectivity index is 1.68. The number of carbonyl (C=O) groups is 2. The number of rotatable bonds is 8. The number of nitrogens with one attached hydrogen (secondary N) is 1. The average molecular weight is 542 g/mol. The van der Waals surface area contributed by atoms with E-state index in [0.29, 0.717) is 22.0 Å². The van der Waals surface area contributed by atoms with Gasteiger partial charge in [-0.1, -0.05) is 62.2 Å². The van der Waals surface area contributed by atoms with Crippen LogP contribution >= 0.6 is 11.6 Å². The van der Waals surface area contributed by atoms with Gasteiger partial charge in [0.25, 0.3) is 15.9 Å². The van der Waals surface area contributed by atoms with E-state index in [0.717, 1.165) is 12.0 Å². The highest BCUT2D eigenvalue weighted by Crippen LogP contribution is 2.33. The maximum absolute atomic E-state index is 13.8. The molecule has 11 heteroatoms. The Kier molecular flexibility index (Phi) is 7.79. The Hall–Kier alpha value is -3.50. The molecule has 2 amide bonds. The lowest BCUT2D eigenvalue weighted by Crippen LogP contribution is -2.43. The van der Waals surface area contributed by atoms with E-state index in [9.17, 15) is 18.0 Å². The second-order valence-electron chi connectivity index (χ2n) is 8.98. The Bertz CT molecular complexity index is 1450. The van der Waals surface area contributed by atoms with Crippen LogP contribution in [0.2, 0.25) is 5.02 Å². The normalized spacial score (nSPS) is 16.5. The van der Waals surface area contributed by atoms with Crippen LogP contribution in [0.15, 0.2) is 71.1 Å². The molecule has 4 rings (SSSR count). The molecule has 0 saturated heterocycles. The summed E-state index contributed by atoms with van der Waals surface area (Å²) >= 11 is 6.36. The van der Waals surface area contributed by atoms with Gasteiger partial charge in [0, 0.05) is 42.4 Å². The lowest BCUT2D eigenvalue weighted by atomic mass is 9.98. The first-order valence-electron chi connectivity index (χ1n) is 11.9. The van der Waals surface area contributed by atoms with Crippen LogP contribution in [0.1, 0.15) is 37.8 Å². The van der Waals surface area contributed by atoms with Crippen molar-refractivity contribution in [2.24, 2.45) is 18.0 Å². The van der Waals surface area contributed by atoms with Crippen molar-refractivity contribution in [3.63, 3.8) is 0 Å². The SMILES string of the molecule is CC[C@H](C)[C@@H]1N=C(c2ccccc2)c2cc(Cl)ccc2N(CCC(=O)NS(=O)(=O)c2cn(C)cn2)C1=O. The van der Waals surface area contributed by atoms with Gasteiger partial charge in [-0.15, -0.1) is 0 Å². The number of halogens is 1. The molecule has 0 unspecified atom stereocenters. The molecule has 0 radical (unpaired) electrons. The molecule has 1 aliphatic heterocycles. The maximum Gasteiger partial charge on any atom is 0.283 e. The highest BCUT2D eigenvalue weighted by molar-refractivity contribution is 7.90. The van der Waals surface area contributed by atoms with E-state index in [4.69, 9.17) is 16.6 Å². The first-order chi connectivity index (χ1) is 17.6. The number of hydrogen-bond donors (Lipinski definition) is 1. The fraction of sp³-hybridized carbons (Fsp3) is 0.308. The number of aliphatic imine (C=N–C) groups is 1. The number of aromatic nitrogens is 2. The van der Waals surface area contributed by atoms with Crippen LogP contribution in [-0.4, -0.2) is 48.1 Å². The maximum atomic E-state index is 13.8. The number of sulfonamides is 1. The summed E-state index contributed by atoms with van der Waals surface area (Å²) in [5, 5.41) is 0.225. The number of anilines is 1. The molecule has 1 aliphatic rings. The number of hydrogen-bond acceptors (Lipinski definition) is 6. The molecule has 37 heavy (non-hydrogen) atoms. The average Bonchev–Trinajstić information content (AvgIpc) is 3.28. The molecular formula is C26H28ClN5O4S. The van der Waals surface area contributed by atoms with Crippen molar-refractivity contribution in [2.45, 2.75) is 37.8 Å². The van der Waals surface area contributed by atoms with Gasteiger partial charge in [0.15, 0.2) is 5.03 Å². The first-order valence-corrected chi connectivity index (χ1v) is 13.7. The van der Waals surface area contributed by atoms with E-state index in [1.54, 1.807) is 25.2 Å². The van der Waals surface area contributed by atoms with Crippen molar-refractivity contribution in [1.82, 2.24) is 14.3 Å². The molecule has 1 N–H and O–H groups in total. The summed E-state index contributed by atoms with van der Waals surface area (Å²) in [6, 6.07) is 14.0. The van der Waals surface area contributed by atoms with E-state index >= 15 is 0 Å². The number of carbonyl (C=O) groups excluding carboxylic acids is 2. The van der Waals surface area contributed by atoms with Crippen LogP contribution < -0.4 is 9.62 Å². The van der Waals surface area contributed by atoms with Crippen LogP contribution in [0.4, 0.5) is 5.69 Å². The van der Waals surface area contributed by atoms with Crippen molar-refractivity contribution < 1.29 is 18.0 Å². The molecule has 9 nitrogen and oxygen atoms in total. The van der Waals surface area contributed by atoms with Gasteiger partial charge in [-0.25, -0.2) is 9.71 Å². The van der Waals surface area contributed by atoms with Crippen molar-refractivity contribution in [1.29, 1.82) is 0 Å². The molecule has 2 atom stereocenters. The quantitative estimate of drug-likeness (QED) is 0.468. The smallest absolute Gasteiger partial charge is 0.283 e. The fourth-order valence-electron chi connectivity index (χ4n) is 4.12. The lowest BCUT2D eigenvalue weighted by Gasteiger charge is -2.27. The van der Waals surface area contributed by atoms with Gasteiger partial charge in [-0.05, 0) is 24.1 Å². The van der Waals surface area contributed by atoms with Gasteiger partial charge in [-0.3, -0.25) is 14.6 Å². The monoisotopic (exact) mass is 541 g/mol. The van der Waals surface area contributed by atoms with Crippen LogP contribution in [0, 0.1) is 5.92 Å². The highest BCUT2D eigenvalue weighted by atomic mass is 35.5. The summed E-state index contributed by atoms with van der Waals surface area (Å²) < 4.78 is 28.5. The Morgan fingerprint density at radius 1 is 1.19 bits per heavy atom. The summed E-state index contributed by atoms with van der Waals surface area (Å²) in [4.78, 5) is 36.7. The molecule has 0 spiro atoms. The minimum Gasteiger partial charge on any atom is -0.339 e. The van der Waals surface area contributed by atoms with Crippen LogP contribution in [0.5, 0.6) is 0 Å². The number of imidazole rings is 1. The summed E-state index contributed by atoms with van der Waals surface area (Å²) in [5.74, 6) is -1.08. The van der Waals surface area contributed by atoms with Crippen molar-refractivity contribution in [3.8, 4) is 0 Å². The van der Waals surface area contributed by atoms with Gasteiger partial charge >= 0.3 is 0 Å². The third-order valence-electron chi connectivity index (χ3n) is 6.29. The van der Waals surface area contributed by atoms with Gasteiger partial charge in [-0.2, -0.15) is 8.42 Å². The molecule has 1 aromatic heterocycles. The van der Waals surface area contributed by atoms with E-state index in [1.165, 1.54) is 22.0 Å². The minimum atomic E-state index is -4.13. The third kappa shape index (κ3) is 5.75. The van der Waals surface area contributed by atoms with Crippen molar-refractivity contribution in [3.05, 3.63) is 77.2 Å². The molecule has 2 aromatic carbocycles. The highest BCUT2D eigenvalue weighted by Gasteiger charge is 2.35. The summed E-state index contributed by atoms with van der Waals surface area (Å²) in [5.41, 5.74) is 2.71. The van der Waals surface area contributed by atoms with Gasteiger partial charge in [0.1, 0.15) is 6.04 Å². The van der Waals surface area contributed by atoms with Gasteiger partial charge < -0.3 is 9.47 Å². The lowest BCUT2D eigenvalue weighted by molar-refractivity contribution is -0.121. The number of benzene rings is 2. The second-order valence-corrected chi connectivity index (χ2v) is 11.0. The Morgan fingerprint density at radius 3 is 2.57 bits per heavy atom. The topological polar surface area (TPSA) is 114 Å². The molecule has 0 saturated carbocycles. The Morgan fingerprint density at radius 2 is 1.92 bits per heavy atom. The molecule has 0 fully saturated rings. The number of fused-ring (bicyclic) bond motifs is 1. The van der Waals surface area contributed by atoms with Crippen molar-refractivity contribution in [2.75, 3.05) is 11.4 Å². The largest absolute Gasteiger partial charge is 0.339 e. The van der Waals surface area contributed by atoms with E-state index in [2.05, 4.69) is 4.98 Å². The van der Waals surface area contributed by atoms with Gasteiger partial charge in [0.2, 0.25) is 5.91 Å². The predicted molar refractivity (Wildman–Crippen MR) is 142 cm³/mol. The Labute approximate surface area is 221 Å². The van der Waals surface area contributed by atoms with Crippen LogP contribution in [0.25, 0.3) is 0 Å². The summed E-state index contributed by atoms with van der Waals surface area (Å²) in [6.07, 6.45) is 3.10. The first kappa shape index (κ1) is 26.6. The molecule has 194 valence electrons. The van der Waals surface area contributed by atoms with Crippen LogP contribution in [-0.2, 0) is 26.7 Å². The number of aryl methyl sites for hydroxylation is 1. The summed E-state index contributed by atoms with van der Waals surface area (Å²) in [7, 11) is -2.50. The number of amides is 2. The zero-order valence-corrected chi connectivity index (χ0v) is 22.3. The number of benzodiazepines with no additional fused rings is 1. The van der Waals surface area contributed by atoms with Gasteiger partial charge in [0.05, 0.1) is 17.7 Å². The second kappa shape index (κ2) is 10.9. The molecule has 2 heterocycles. The zero-order valence-electron chi connectivity index (χ0n) is 20.8. The van der Waals surface area contributed by atoms with E-state index < -0.39 is 22.0 Å². The van der Waals surface area contributed by atoms with Crippen molar-refractivity contribution >= 4 is 44.8 Å². The minimum absolute atomic E-state index is 0.0401. The molecular weight excluding hydrogens is 514 g/mol. The number of nitrogens with zero attached hydrogens (tertiary/aromatic N) is 4. The fourth-order valence-corrected chi connectivity index (χ4v) is 5.29. The van der Waals surface area contributed by atoms with Crippen LogP contribution in [0.3, 0.4) is 0 Å². The zero-order chi connectivity index (χ0) is 26.7. The summed E-state index contributed by atoms with van der Waals surface area (Å²) in [6.45, 7) is 3.91. The molecule has 0 bridgehead atoms. The molecule has 0 aliphatic carbocycles. The van der Waals surface area contributed by atoms with E-state index in [-0.39, 0.29) is 29.8 Å². The third-order valence-corrected chi connectivity index (χ3v) is 7.78. The molecule has 3 aromatic rings. The standard InChI is InChI=1S/C26H28ClN5O4S/c1-4-17(2)24-26(34)32(13-12-22(33)30-37(35,36)23-15-31(3)16-28-23)21-11-10-19(27)14-20(21)25(29-24)18-8-6-5-7-9-18/h5-11,14-17,24H,4,12-13H2,1-3H3,(H,30,33)/t17-,24-/m0/s1. The predicted octanol–water partition coefficient (Wildman–Crippen LogP) is 3.57. The van der Waals surface area contributed by atoms with E-state index in [1.807, 2.05) is 48.9 Å².